The van der Waals surface area contributed by atoms with Gasteiger partial charge in [0.25, 0.3) is 0 Å². The van der Waals surface area contributed by atoms with Crippen LogP contribution in [0.4, 0.5) is 4.39 Å². The number of carbonyl (C=O) groups is 1. The zero-order valence-electron chi connectivity index (χ0n) is 7.42. The first-order valence-electron chi connectivity index (χ1n) is 4.04. The normalized spacial score (nSPS) is 9.69. The Kier molecular flexibility index (Phi) is 3.43. The molecule has 0 saturated heterocycles. The van der Waals surface area contributed by atoms with Gasteiger partial charge in [0.05, 0.1) is 7.11 Å². The number of ether oxygens (including phenoxy) is 1. The molecule has 0 radical (unpaired) electrons. The molecule has 1 aromatic carbocycles. The number of halogens is 1. The molecule has 0 saturated carbocycles. The summed E-state index contributed by atoms with van der Waals surface area (Å²) in [4.78, 5) is 10.8. The summed E-state index contributed by atoms with van der Waals surface area (Å²) >= 11 is 0. The van der Waals surface area contributed by atoms with Crippen LogP contribution in [0.2, 0.25) is 0 Å². The lowest BCUT2D eigenvalue weighted by Gasteiger charge is -2.01. The van der Waals surface area contributed by atoms with E-state index < -0.39 is 0 Å². The lowest BCUT2D eigenvalue weighted by Crippen LogP contribution is -2.02. The van der Waals surface area contributed by atoms with Crippen LogP contribution < -0.4 is 0 Å². The molecule has 0 aliphatic rings. The van der Waals surface area contributed by atoms with E-state index in [1.807, 2.05) is 0 Å². The van der Waals surface area contributed by atoms with Crippen LogP contribution in [0, 0.1) is 5.82 Å². The van der Waals surface area contributed by atoms with E-state index >= 15 is 0 Å². The second-order valence-electron chi connectivity index (χ2n) is 2.67. The van der Waals surface area contributed by atoms with E-state index in [2.05, 4.69) is 4.74 Å². The monoisotopic (exact) mass is 182 g/mol. The molecule has 0 spiro atoms. The quantitative estimate of drug-likeness (QED) is 0.667. The Hall–Kier alpha value is -1.38. The van der Waals surface area contributed by atoms with Crippen molar-refractivity contribution in [2.24, 2.45) is 0 Å². The second-order valence-corrected chi connectivity index (χ2v) is 2.67. The van der Waals surface area contributed by atoms with Crippen LogP contribution in [0.1, 0.15) is 12.0 Å². The minimum absolute atomic E-state index is 0.220. The molecule has 0 fully saturated rings. The summed E-state index contributed by atoms with van der Waals surface area (Å²) < 4.78 is 17.4. The molecule has 0 amide bonds. The molecule has 2 nitrogen and oxygen atoms in total. The molecule has 0 heterocycles. The Morgan fingerprint density at radius 2 is 2.15 bits per heavy atom. The summed E-state index contributed by atoms with van der Waals surface area (Å²) in [5, 5.41) is 0. The van der Waals surface area contributed by atoms with Crippen LogP contribution in [-0.2, 0) is 16.0 Å². The maximum Gasteiger partial charge on any atom is 0.305 e. The molecule has 0 aromatic heterocycles. The summed E-state index contributed by atoms with van der Waals surface area (Å²) in [6, 6.07) is 6.41. The second kappa shape index (κ2) is 4.60. The number of benzene rings is 1. The van der Waals surface area contributed by atoms with E-state index in [1.54, 1.807) is 18.2 Å². The van der Waals surface area contributed by atoms with Gasteiger partial charge in [-0.15, -0.1) is 0 Å². The molecule has 1 aromatic rings. The van der Waals surface area contributed by atoms with Crippen LogP contribution in [0.25, 0.3) is 0 Å². The molecule has 0 aliphatic carbocycles. The molecule has 3 heteroatoms. The maximum absolute atomic E-state index is 13.0. The lowest BCUT2D eigenvalue weighted by molar-refractivity contribution is -0.140. The van der Waals surface area contributed by atoms with Crippen molar-refractivity contribution < 1.29 is 13.9 Å². The van der Waals surface area contributed by atoms with Crippen LogP contribution in [0.5, 0.6) is 0 Å². The molecule has 0 N–H and O–H groups in total. The summed E-state index contributed by atoms with van der Waals surface area (Å²) in [5.41, 5.74) is 0.549. The predicted molar refractivity (Wildman–Crippen MR) is 46.7 cm³/mol. The first-order valence-corrected chi connectivity index (χ1v) is 4.04. The summed E-state index contributed by atoms with van der Waals surface area (Å²) in [5.74, 6) is -0.588. The molecule has 1 rings (SSSR count). The first kappa shape index (κ1) is 9.71. The third-order valence-corrected chi connectivity index (χ3v) is 1.78. The van der Waals surface area contributed by atoms with Gasteiger partial charge in [0.1, 0.15) is 5.82 Å². The number of esters is 1. The number of carbonyl (C=O) groups excluding carboxylic acids is 1. The molecule has 0 unspecified atom stereocenters. The van der Waals surface area contributed by atoms with Gasteiger partial charge in [0.2, 0.25) is 0 Å². The summed E-state index contributed by atoms with van der Waals surface area (Å²) in [7, 11) is 1.32. The average molecular weight is 182 g/mol. The molecule has 70 valence electrons. The molecule has 13 heavy (non-hydrogen) atoms. The Balaban J connectivity index is 2.54. The van der Waals surface area contributed by atoms with Gasteiger partial charge in [0, 0.05) is 6.42 Å². The highest BCUT2D eigenvalue weighted by molar-refractivity contribution is 5.69. The van der Waals surface area contributed by atoms with Crippen molar-refractivity contribution >= 4 is 5.97 Å². The minimum Gasteiger partial charge on any atom is -0.469 e. The van der Waals surface area contributed by atoms with Crippen molar-refractivity contribution in [1.82, 2.24) is 0 Å². The van der Waals surface area contributed by atoms with E-state index in [9.17, 15) is 9.18 Å². The van der Waals surface area contributed by atoms with Gasteiger partial charge in [-0.1, -0.05) is 18.2 Å². The Morgan fingerprint density at radius 3 is 2.77 bits per heavy atom. The van der Waals surface area contributed by atoms with Crippen molar-refractivity contribution in [3.05, 3.63) is 35.6 Å². The topological polar surface area (TPSA) is 26.3 Å². The van der Waals surface area contributed by atoms with Crippen molar-refractivity contribution in [3.8, 4) is 0 Å². The Bertz CT molecular complexity index is 297. The van der Waals surface area contributed by atoms with E-state index in [0.29, 0.717) is 12.0 Å². The number of aryl methyl sites for hydroxylation is 1. The zero-order valence-corrected chi connectivity index (χ0v) is 7.42. The molecular weight excluding hydrogens is 171 g/mol. The average Bonchev–Trinajstić information content (AvgIpc) is 2.16. The zero-order chi connectivity index (χ0) is 9.68. The van der Waals surface area contributed by atoms with Crippen molar-refractivity contribution in [2.75, 3.05) is 7.11 Å². The Labute approximate surface area is 76.3 Å². The van der Waals surface area contributed by atoms with E-state index in [4.69, 9.17) is 0 Å². The number of methoxy groups -OCH3 is 1. The van der Waals surface area contributed by atoms with E-state index in [0.717, 1.165) is 0 Å². The standard InChI is InChI=1S/C10H11FO2/c1-13-10(12)7-6-8-4-2-3-5-9(8)11/h2-5H,6-7H2,1H3. The van der Waals surface area contributed by atoms with Crippen molar-refractivity contribution in [1.29, 1.82) is 0 Å². The fourth-order valence-corrected chi connectivity index (χ4v) is 1.04. The predicted octanol–water partition coefficient (Wildman–Crippen LogP) is 1.93. The van der Waals surface area contributed by atoms with Gasteiger partial charge in [-0.25, -0.2) is 4.39 Å². The number of rotatable bonds is 3. The van der Waals surface area contributed by atoms with E-state index in [-0.39, 0.29) is 18.2 Å². The van der Waals surface area contributed by atoms with Gasteiger partial charge in [-0.2, -0.15) is 0 Å². The van der Waals surface area contributed by atoms with Crippen LogP contribution >= 0.6 is 0 Å². The minimum atomic E-state index is -0.316. The highest BCUT2D eigenvalue weighted by atomic mass is 19.1. The van der Waals surface area contributed by atoms with Crippen LogP contribution in [0.3, 0.4) is 0 Å². The number of hydrogen-bond acceptors (Lipinski definition) is 2. The SMILES string of the molecule is COC(=O)CCc1ccccc1F. The van der Waals surface area contributed by atoms with Gasteiger partial charge < -0.3 is 4.74 Å². The van der Waals surface area contributed by atoms with Gasteiger partial charge in [0.15, 0.2) is 0 Å². The maximum atomic E-state index is 13.0. The van der Waals surface area contributed by atoms with Crippen molar-refractivity contribution in [2.45, 2.75) is 12.8 Å². The molecule has 0 bridgehead atoms. The highest BCUT2D eigenvalue weighted by Gasteiger charge is 2.04. The van der Waals surface area contributed by atoms with Gasteiger partial charge in [-0.3, -0.25) is 4.79 Å². The Morgan fingerprint density at radius 1 is 1.46 bits per heavy atom. The van der Waals surface area contributed by atoms with Gasteiger partial charge >= 0.3 is 5.97 Å². The first-order chi connectivity index (χ1) is 6.24. The van der Waals surface area contributed by atoms with E-state index in [1.165, 1.54) is 13.2 Å². The largest absolute Gasteiger partial charge is 0.469 e. The fourth-order valence-electron chi connectivity index (χ4n) is 1.04. The third kappa shape index (κ3) is 2.86. The smallest absolute Gasteiger partial charge is 0.305 e. The van der Waals surface area contributed by atoms with Crippen LogP contribution in [0.15, 0.2) is 24.3 Å². The molecule has 0 atom stereocenters. The van der Waals surface area contributed by atoms with Gasteiger partial charge in [-0.05, 0) is 18.1 Å². The third-order valence-electron chi connectivity index (χ3n) is 1.78. The summed E-state index contributed by atoms with van der Waals surface area (Å²) in [6.07, 6.45) is 0.608. The lowest BCUT2D eigenvalue weighted by atomic mass is 10.1. The number of hydrogen-bond donors (Lipinski definition) is 0. The fraction of sp³-hybridized carbons (Fsp3) is 0.300. The van der Waals surface area contributed by atoms with Crippen molar-refractivity contribution in [3.63, 3.8) is 0 Å². The molecule has 0 aliphatic heterocycles. The van der Waals surface area contributed by atoms with Crippen LogP contribution in [-0.4, -0.2) is 13.1 Å². The highest BCUT2D eigenvalue weighted by Crippen LogP contribution is 2.08. The summed E-state index contributed by atoms with van der Waals surface area (Å²) in [6.45, 7) is 0. The molecular formula is C10H11FO2.